The Kier molecular flexibility index (Phi) is 6.28. The zero-order valence-corrected chi connectivity index (χ0v) is 19.6. The Labute approximate surface area is 206 Å². The summed E-state index contributed by atoms with van der Waals surface area (Å²) in [5, 5.41) is 18.8. The van der Waals surface area contributed by atoms with E-state index < -0.39 is 0 Å². The van der Waals surface area contributed by atoms with E-state index in [2.05, 4.69) is 15.5 Å². The van der Waals surface area contributed by atoms with Crippen molar-refractivity contribution in [2.24, 2.45) is 11.8 Å². The smallest absolute Gasteiger partial charge is 0.309 e. The second-order valence-corrected chi connectivity index (χ2v) is 8.44. The van der Waals surface area contributed by atoms with Crippen molar-refractivity contribution in [1.82, 2.24) is 15.5 Å². The molecule has 2 aliphatic heterocycles. The minimum atomic E-state index is -0.342. The molecule has 1 aliphatic carbocycles. The van der Waals surface area contributed by atoms with Gasteiger partial charge in [0.1, 0.15) is 5.69 Å². The molecule has 1 saturated heterocycles. The molecule has 0 bridgehead atoms. The summed E-state index contributed by atoms with van der Waals surface area (Å²) in [6.45, 7) is 0.476. The Morgan fingerprint density at radius 2 is 1.83 bits per heavy atom. The van der Waals surface area contributed by atoms with E-state index in [1.807, 2.05) is 12.1 Å². The van der Waals surface area contributed by atoms with Crippen molar-refractivity contribution < 1.29 is 38.4 Å². The molecule has 3 N–H and O–H groups in total. The van der Waals surface area contributed by atoms with Crippen molar-refractivity contribution in [3.8, 4) is 28.7 Å². The SMILES string of the molecule is COc1cccc(OC)c1O.O=C(NC1c2cc3c(cc2C[C@H]2C(=O)OCC12)OCO3)c1ccn[nH]1. The van der Waals surface area contributed by atoms with Crippen LogP contribution < -0.4 is 24.3 Å². The van der Waals surface area contributed by atoms with Crippen molar-refractivity contribution >= 4 is 11.9 Å². The lowest BCUT2D eigenvalue weighted by Crippen LogP contribution is -2.40. The topological polar surface area (TPSA) is 141 Å². The number of rotatable bonds is 4. The predicted molar refractivity (Wildman–Crippen MR) is 124 cm³/mol. The number of hydrogen-bond acceptors (Lipinski definition) is 9. The number of cyclic esters (lactones) is 1. The molecule has 1 amide bonds. The molecule has 3 aromatic rings. The van der Waals surface area contributed by atoms with Crippen LogP contribution in [0.1, 0.15) is 27.7 Å². The molecule has 11 heteroatoms. The number of nitrogens with zero attached hydrogens (tertiary/aromatic N) is 1. The van der Waals surface area contributed by atoms with Crippen LogP contribution in [0.2, 0.25) is 0 Å². The molecule has 3 aliphatic rings. The Morgan fingerprint density at radius 3 is 2.50 bits per heavy atom. The molecular weight excluding hydrogens is 470 g/mol. The summed E-state index contributed by atoms with van der Waals surface area (Å²) in [5.41, 5.74) is 2.28. The van der Waals surface area contributed by atoms with Gasteiger partial charge >= 0.3 is 5.97 Å². The first-order chi connectivity index (χ1) is 17.5. The van der Waals surface area contributed by atoms with Gasteiger partial charge in [-0.15, -0.1) is 0 Å². The monoisotopic (exact) mass is 495 g/mol. The Bertz CT molecular complexity index is 1250. The summed E-state index contributed by atoms with van der Waals surface area (Å²) in [6, 6.07) is 10.1. The number of H-pyrrole nitrogens is 1. The van der Waals surface area contributed by atoms with E-state index in [4.69, 9.17) is 23.7 Å². The highest BCUT2D eigenvalue weighted by molar-refractivity contribution is 5.92. The van der Waals surface area contributed by atoms with Crippen LogP contribution in [0, 0.1) is 11.8 Å². The molecule has 3 atom stereocenters. The molecule has 36 heavy (non-hydrogen) atoms. The van der Waals surface area contributed by atoms with E-state index in [0.717, 1.165) is 11.1 Å². The number of nitrogens with one attached hydrogen (secondary N) is 2. The summed E-state index contributed by atoms with van der Waals surface area (Å²) in [5.74, 6) is 1.35. The third-order valence-corrected chi connectivity index (χ3v) is 6.51. The van der Waals surface area contributed by atoms with Gasteiger partial charge < -0.3 is 34.1 Å². The number of amides is 1. The number of methoxy groups -OCH3 is 2. The minimum absolute atomic E-state index is 0.0394. The molecule has 1 aromatic heterocycles. The molecule has 188 valence electrons. The first-order valence-electron chi connectivity index (χ1n) is 11.3. The number of aromatic hydroxyl groups is 1. The van der Waals surface area contributed by atoms with Gasteiger partial charge in [-0.2, -0.15) is 5.10 Å². The van der Waals surface area contributed by atoms with Crippen molar-refractivity contribution in [3.63, 3.8) is 0 Å². The van der Waals surface area contributed by atoms with Crippen molar-refractivity contribution in [3.05, 3.63) is 59.4 Å². The van der Waals surface area contributed by atoms with Crippen LogP contribution in [-0.4, -0.2) is 54.8 Å². The standard InChI is InChI=1S/C17H15N3O5.C8H10O3/c21-16(12-1-2-18-20-12)19-15-9-5-14-13(24-7-25-14)4-8(9)3-10-11(15)6-23-17(10)22;1-10-6-4-3-5-7(11-2)8(6)9/h1-2,4-5,10-11,15H,3,6-7H2,(H,18,20)(H,19,21);3-5,9H,1-2H3/t10-,11?,15?;/m1./s1. The minimum Gasteiger partial charge on any atom is -0.502 e. The quantitative estimate of drug-likeness (QED) is 0.465. The molecule has 0 radical (unpaired) electrons. The van der Waals surface area contributed by atoms with Gasteiger partial charge in [-0.1, -0.05) is 6.07 Å². The fourth-order valence-corrected chi connectivity index (χ4v) is 4.69. The van der Waals surface area contributed by atoms with Crippen molar-refractivity contribution in [2.45, 2.75) is 12.5 Å². The molecule has 6 rings (SSSR count). The van der Waals surface area contributed by atoms with Gasteiger partial charge in [0.25, 0.3) is 5.91 Å². The summed E-state index contributed by atoms with van der Waals surface area (Å²) >= 11 is 0. The lowest BCUT2D eigenvalue weighted by atomic mass is 9.74. The number of aromatic amines is 1. The maximum absolute atomic E-state index is 12.5. The van der Waals surface area contributed by atoms with Gasteiger partial charge in [0, 0.05) is 12.1 Å². The molecular formula is C25H25N3O8. The highest BCUT2D eigenvalue weighted by atomic mass is 16.7. The van der Waals surface area contributed by atoms with E-state index in [1.54, 1.807) is 24.3 Å². The fourth-order valence-electron chi connectivity index (χ4n) is 4.69. The number of esters is 1. The summed E-state index contributed by atoms with van der Waals surface area (Å²) in [4.78, 5) is 24.6. The maximum atomic E-state index is 12.5. The number of aromatic nitrogens is 2. The van der Waals surface area contributed by atoms with Crippen molar-refractivity contribution in [1.29, 1.82) is 0 Å². The van der Waals surface area contributed by atoms with E-state index in [-0.39, 0.29) is 42.3 Å². The average Bonchev–Trinajstić information content (AvgIpc) is 3.65. The third-order valence-electron chi connectivity index (χ3n) is 6.51. The van der Waals surface area contributed by atoms with Crippen LogP contribution in [0.5, 0.6) is 28.7 Å². The number of para-hydroxylation sites is 1. The maximum Gasteiger partial charge on any atom is 0.309 e. The number of ether oxygens (including phenoxy) is 5. The number of benzene rings is 2. The molecule has 2 unspecified atom stereocenters. The van der Waals surface area contributed by atoms with E-state index in [1.165, 1.54) is 20.4 Å². The molecule has 0 spiro atoms. The van der Waals surface area contributed by atoms with Crippen LogP contribution in [0.3, 0.4) is 0 Å². The first-order valence-corrected chi connectivity index (χ1v) is 11.3. The van der Waals surface area contributed by atoms with Crippen LogP contribution in [0.25, 0.3) is 0 Å². The van der Waals surface area contributed by atoms with Crippen LogP contribution >= 0.6 is 0 Å². The average molecular weight is 495 g/mol. The molecule has 11 nitrogen and oxygen atoms in total. The van der Waals surface area contributed by atoms with E-state index >= 15 is 0 Å². The van der Waals surface area contributed by atoms with E-state index in [0.29, 0.717) is 41.7 Å². The lowest BCUT2D eigenvalue weighted by Gasteiger charge is -2.33. The zero-order valence-electron chi connectivity index (χ0n) is 19.6. The van der Waals surface area contributed by atoms with Gasteiger partial charge in [-0.3, -0.25) is 14.7 Å². The zero-order chi connectivity index (χ0) is 25.2. The number of carbonyl (C=O) groups excluding carboxylic acids is 2. The van der Waals surface area contributed by atoms with Gasteiger partial charge in [0.15, 0.2) is 23.0 Å². The fraction of sp³-hybridized carbons (Fsp3) is 0.320. The Morgan fingerprint density at radius 1 is 1.11 bits per heavy atom. The highest BCUT2D eigenvalue weighted by Crippen LogP contribution is 2.46. The predicted octanol–water partition coefficient (Wildman–Crippen LogP) is 2.36. The molecule has 2 aromatic carbocycles. The van der Waals surface area contributed by atoms with Gasteiger partial charge in [0.2, 0.25) is 12.5 Å². The summed E-state index contributed by atoms with van der Waals surface area (Å²) < 4.78 is 25.9. The van der Waals surface area contributed by atoms with Gasteiger partial charge in [0.05, 0.1) is 32.8 Å². The first kappa shape index (κ1) is 23.3. The van der Waals surface area contributed by atoms with Crippen LogP contribution in [-0.2, 0) is 16.0 Å². The molecule has 1 fully saturated rings. The highest BCUT2D eigenvalue weighted by Gasteiger charge is 2.47. The second kappa shape index (κ2) is 9.68. The number of carbonyl (C=O) groups is 2. The van der Waals surface area contributed by atoms with E-state index in [9.17, 15) is 14.7 Å². The summed E-state index contributed by atoms with van der Waals surface area (Å²) in [7, 11) is 2.99. The third kappa shape index (κ3) is 4.23. The largest absolute Gasteiger partial charge is 0.502 e. The van der Waals surface area contributed by atoms with Crippen molar-refractivity contribution in [2.75, 3.05) is 27.6 Å². The van der Waals surface area contributed by atoms with Gasteiger partial charge in [-0.25, -0.2) is 0 Å². The number of hydrogen-bond donors (Lipinski definition) is 3. The lowest BCUT2D eigenvalue weighted by molar-refractivity contribution is -0.141. The number of phenols is 1. The number of fused-ring (bicyclic) bond motifs is 3. The molecule has 0 saturated carbocycles. The molecule has 3 heterocycles. The Balaban J connectivity index is 0.000000205. The second-order valence-electron chi connectivity index (χ2n) is 8.44. The summed E-state index contributed by atoms with van der Waals surface area (Å²) in [6.07, 6.45) is 2.10. The van der Waals surface area contributed by atoms with Crippen LogP contribution in [0.15, 0.2) is 42.6 Å². The number of phenolic OH excluding ortho intramolecular Hbond substituents is 1. The van der Waals surface area contributed by atoms with Crippen LogP contribution in [0.4, 0.5) is 0 Å². The Hall–Kier alpha value is -4.41. The normalized spacial score (nSPS) is 20.8. The van der Waals surface area contributed by atoms with Gasteiger partial charge in [-0.05, 0) is 47.9 Å².